The molecule has 1 saturated heterocycles. The normalized spacial score (nSPS) is 39.1. The van der Waals surface area contributed by atoms with Crippen molar-refractivity contribution < 1.29 is 48.0 Å². The first-order valence-electron chi connectivity index (χ1n) is 8.62. The summed E-state index contributed by atoms with van der Waals surface area (Å²) in [5.74, 6) is 1.75. The molecule has 1 saturated carbocycles. The van der Waals surface area contributed by atoms with Crippen LogP contribution >= 0.6 is 15.2 Å². The van der Waals surface area contributed by atoms with Gasteiger partial charge in [0.25, 0.3) is 0 Å². The van der Waals surface area contributed by atoms with Crippen LogP contribution in [0.2, 0.25) is 3.63 Å². The fourth-order valence-electron chi connectivity index (χ4n) is 4.94. The summed E-state index contributed by atoms with van der Waals surface area (Å²) in [6, 6.07) is 9.29. The number of hydrogen-bond acceptors (Lipinski definition) is 0. The maximum Gasteiger partial charge on any atom is -1.00 e. The van der Waals surface area contributed by atoms with E-state index >= 15 is 0 Å². The molecular weight excluding hydrogens is 464 g/mol. The van der Waals surface area contributed by atoms with Crippen LogP contribution in [0.1, 0.15) is 21.2 Å². The summed E-state index contributed by atoms with van der Waals surface area (Å²) in [5, 5.41) is 1.89. The summed E-state index contributed by atoms with van der Waals surface area (Å²) in [6.07, 6.45) is 13.8. The van der Waals surface area contributed by atoms with Gasteiger partial charge >= 0.3 is 154 Å². The monoisotopic (exact) mass is 484 g/mol. The van der Waals surface area contributed by atoms with E-state index in [0.717, 1.165) is 24.7 Å². The van der Waals surface area contributed by atoms with Crippen molar-refractivity contribution in [1.82, 2.24) is 0 Å². The summed E-state index contributed by atoms with van der Waals surface area (Å²) in [6.45, 7) is 5.26. The first-order chi connectivity index (χ1) is 11.2. The Morgan fingerprint density at radius 3 is 2.64 bits per heavy atom. The second kappa shape index (κ2) is 8.02. The zero-order valence-electron chi connectivity index (χ0n) is 14.4. The first-order valence-corrected chi connectivity index (χ1v) is 15.8. The summed E-state index contributed by atoms with van der Waals surface area (Å²) < 4.78 is 1.97. The van der Waals surface area contributed by atoms with Gasteiger partial charge in [-0.15, -0.1) is 0 Å². The zero-order valence-corrected chi connectivity index (χ0v) is 20.2. The molecule has 0 amide bonds. The fraction of sp³-hybridized carbons (Fsp3) is 0.400. The third-order valence-corrected chi connectivity index (χ3v) is 20.7. The fourth-order valence-corrected chi connectivity index (χ4v) is 22.2. The topological polar surface area (TPSA) is 0 Å². The van der Waals surface area contributed by atoms with E-state index in [9.17, 15) is 0 Å². The molecule has 1 heterocycles. The van der Waals surface area contributed by atoms with Crippen molar-refractivity contribution in [2.24, 2.45) is 11.8 Å². The molecule has 5 heteroatoms. The van der Waals surface area contributed by atoms with Gasteiger partial charge in [-0.25, -0.2) is 0 Å². The van der Waals surface area contributed by atoms with Gasteiger partial charge in [0, 0.05) is 0 Å². The molecule has 5 rings (SSSR count). The van der Waals surface area contributed by atoms with Crippen molar-refractivity contribution in [3.8, 4) is 0 Å². The molecule has 4 aliphatic rings. The first kappa shape index (κ1) is 20.5. The number of fused-ring (bicyclic) bond motifs is 6. The Kier molecular flexibility index (Phi) is 6.57. The Labute approximate surface area is 177 Å². The van der Waals surface area contributed by atoms with Gasteiger partial charge < -0.3 is 24.8 Å². The molecule has 1 aromatic rings. The molecule has 0 aromatic heterocycles. The smallest absolute Gasteiger partial charge is 1.00 e. The van der Waals surface area contributed by atoms with E-state index < -0.39 is 23.2 Å². The molecule has 1 aromatic carbocycles. The summed E-state index contributed by atoms with van der Waals surface area (Å²) in [4.78, 5) is 0. The quantitative estimate of drug-likeness (QED) is 0.462. The second-order valence-corrected chi connectivity index (χ2v) is 18.2. The van der Waals surface area contributed by atoms with E-state index in [0.29, 0.717) is 0 Å². The van der Waals surface area contributed by atoms with Crippen LogP contribution in [0.15, 0.2) is 53.9 Å². The maximum absolute atomic E-state index is 2.65. The molecule has 0 bridgehead atoms. The Bertz CT molecular complexity index is 745. The predicted octanol–water partition coefficient (Wildman–Crippen LogP) is 0.244. The number of allylic oxidation sites excluding steroid dienone is 5. The van der Waals surface area contributed by atoms with Crippen LogP contribution in [0.4, 0.5) is 0 Å². The Morgan fingerprint density at radius 2 is 1.80 bits per heavy atom. The molecule has 130 valence electrons. The zero-order chi connectivity index (χ0) is 15.6. The van der Waals surface area contributed by atoms with E-state index in [4.69, 9.17) is 0 Å². The maximum atomic E-state index is 2.65. The average Bonchev–Trinajstić information content (AvgIpc) is 3.11. The number of hydrogen-bond donors (Lipinski definition) is 0. The predicted molar refractivity (Wildman–Crippen MR) is 100 cm³/mol. The second-order valence-electron chi connectivity index (χ2n) is 7.23. The number of halogens is 2. The van der Waals surface area contributed by atoms with E-state index in [-0.39, 0.29) is 40.0 Å². The van der Waals surface area contributed by atoms with Gasteiger partial charge in [-0.3, -0.25) is 0 Å². The van der Waals surface area contributed by atoms with Crippen LogP contribution in [-0.2, 0) is 23.2 Å². The molecule has 7 unspecified atom stereocenters. The van der Waals surface area contributed by atoms with Crippen molar-refractivity contribution in [2.45, 2.75) is 19.3 Å². The van der Waals surface area contributed by atoms with Crippen LogP contribution < -0.4 is 24.8 Å². The molecule has 7 atom stereocenters. The van der Waals surface area contributed by atoms with Crippen molar-refractivity contribution in [3.05, 3.63) is 65.0 Å². The van der Waals surface area contributed by atoms with Crippen LogP contribution in [-0.4, -0.2) is 19.0 Å². The Balaban J connectivity index is 0.000000911. The van der Waals surface area contributed by atoms with Gasteiger partial charge in [0.2, 0.25) is 0 Å². The van der Waals surface area contributed by atoms with Crippen molar-refractivity contribution in [2.75, 3.05) is 13.3 Å². The largest absolute Gasteiger partial charge is 1.00 e. The van der Waals surface area contributed by atoms with E-state index in [1.807, 2.05) is 5.31 Å². The van der Waals surface area contributed by atoms with Crippen molar-refractivity contribution in [1.29, 1.82) is 0 Å². The van der Waals surface area contributed by atoms with E-state index in [2.05, 4.69) is 68.0 Å². The number of benzene rings is 1. The van der Waals surface area contributed by atoms with Crippen LogP contribution in [0.5, 0.6) is 0 Å². The van der Waals surface area contributed by atoms with Gasteiger partial charge in [-0.05, 0) is 0 Å². The minimum atomic E-state index is -0.468. The Hall–Kier alpha value is 0.763. The van der Waals surface area contributed by atoms with Crippen LogP contribution in [0.25, 0.3) is 6.08 Å². The molecule has 25 heavy (non-hydrogen) atoms. The molecule has 0 nitrogen and oxygen atoms in total. The van der Waals surface area contributed by atoms with Crippen LogP contribution in [0, 0.1) is 11.8 Å². The standard InChI is InChI=1S/C20H22P2.2ClH.Zr/c1-21(19-11-15-7-3-4-8-16(15)12-19)22(2)20-13-17-9-5-6-10-18(17)14-20;;;/h3-13,17-18,20H,14H2,1-2H3;2*1H;/q;;;+2/p-2. The third-order valence-electron chi connectivity index (χ3n) is 6.23. The third kappa shape index (κ3) is 3.26. The molecule has 2 fully saturated rings. The Morgan fingerprint density at radius 1 is 1.04 bits per heavy atom. The SMILES string of the molecule is CP1C2=Cc3ccccc3[CH]2[Zr+2][CH]2C3C=CC=CC3CC2P1C.[Cl-].[Cl-]. The van der Waals surface area contributed by atoms with Crippen molar-refractivity contribution >= 4 is 21.3 Å². The summed E-state index contributed by atoms with van der Waals surface area (Å²) in [7, 11) is 0.275. The molecular formula is C20H22Cl2P2Zr. The number of rotatable bonds is 0. The van der Waals surface area contributed by atoms with Crippen molar-refractivity contribution in [3.63, 3.8) is 0 Å². The minimum Gasteiger partial charge on any atom is -1.00 e. The van der Waals surface area contributed by atoms with Gasteiger partial charge in [0.15, 0.2) is 0 Å². The molecule has 1 aliphatic heterocycles. The molecule has 0 N–H and O–H groups in total. The van der Waals surface area contributed by atoms with Gasteiger partial charge in [-0.1, -0.05) is 0 Å². The molecule has 3 aliphatic carbocycles. The molecule has 0 radical (unpaired) electrons. The molecule has 0 spiro atoms. The summed E-state index contributed by atoms with van der Waals surface area (Å²) in [5.41, 5.74) is 4.32. The summed E-state index contributed by atoms with van der Waals surface area (Å²) >= 11 is -0.468. The van der Waals surface area contributed by atoms with E-state index in [1.165, 1.54) is 6.42 Å². The van der Waals surface area contributed by atoms with Gasteiger partial charge in [-0.2, -0.15) is 0 Å². The van der Waals surface area contributed by atoms with Gasteiger partial charge in [0.1, 0.15) is 0 Å². The van der Waals surface area contributed by atoms with Crippen LogP contribution in [0.3, 0.4) is 0 Å². The van der Waals surface area contributed by atoms with Gasteiger partial charge in [0.05, 0.1) is 0 Å². The van der Waals surface area contributed by atoms with E-state index in [1.54, 1.807) is 11.1 Å². The average molecular weight is 486 g/mol. The minimum absolute atomic E-state index is 0.